The fraction of sp³-hybridized carbons (Fsp3) is 0.481. The van der Waals surface area contributed by atoms with Crippen molar-refractivity contribution in [2.24, 2.45) is 5.10 Å². The van der Waals surface area contributed by atoms with Crippen LogP contribution < -0.4 is 5.43 Å². The highest BCUT2D eigenvalue weighted by molar-refractivity contribution is 5.86. The van der Waals surface area contributed by atoms with Crippen molar-refractivity contribution < 1.29 is 9.90 Å². The van der Waals surface area contributed by atoms with Gasteiger partial charge in [-0.3, -0.25) is 14.6 Å². The van der Waals surface area contributed by atoms with Gasteiger partial charge in [0.2, 0.25) is 0 Å². The normalized spacial score (nSPS) is 15.8. The lowest BCUT2D eigenvalue weighted by Crippen LogP contribution is -2.48. The van der Waals surface area contributed by atoms with Gasteiger partial charge in [0.05, 0.1) is 12.8 Å². The number of rotatable bonds is 8. The van der Waals surface area contributed by atoms with Crippen LogP contribution >= 0.6 is 0 Å². The molecule has 0 saturated carbocycles. The van der Waals surface area contributed by atoms with E-state index in [0.717, 1.165) is 51.1 Å². The third-order valence-electron chi connectivity index (χ3n) is 6.12. The number of hydrogen-bond donors (Lipinski definition) is 2. The molecule has 0 atom stereocenters. The molecule has 178 valence electrons. The molecule has 1 aliphatic rings. The molecular formula is C27H38N4O2. The molecule has 1 amide bonds. The van der Waals surface area contributed by atoms with E-state index in [1.807, 2.05) is 12.1 Å². The maximum Gasteiger partial charge on any atom is 0.254 e. The lowest BCUT2D eigenvalue weighted by Gasteiger charge is -2.34. The molecule has 1 saturated heterocycles. The van der Waals surface area contributed by atoms with Crippen LogP contribution in [0.15, 0.2) is 47.6 Å². The Morgan fingerprint density at radius 1 is 1.06 bits per heavy atom. The Hall–Kier alpha value is -2.70. The van der Waals surface area contributed by atoms with Gasteiger partial charge in [0.1, 0.15) is 5.75 Å². The number of para-hydroxylation sites is 1. The summed E-state index contributed by atoms with van der Waals surface area (Å²) in [6.07, 6.45) is 3.28. The maximum atomic E-state index is 12.3. The van der Waals surface area contributed by atoms with Gasteiger partial charge in [0, 0.05) is 38.3 Å². The summed E-state index contributed by atoms with van der Waals surface area (Å²) in [5, 5.41) is 14.4. The molecule has 2 N–H and O–H groups in total. The van der Waals surface area contributed by atoms with Crippen LogP contribution in [0.5, 0.6) is 5.75 Å². The Kier molecular flexibility index (Phi) is 8.64. The van der Waals surface area contributed by atoms with E-state index in [4.69, 9.17) is 0 Å². The number of nitrogens with zero attached hydrogens (tertiary/aromatic N) is 3. The van der Waals surface area contributed by atoms with Gasteiger partial charge >= 0.3 is 0 Å². The van der Waals surface area contributed by atoms with Crippen LogP contribution in [-0.2, 0) is 23.2 Å². The van der Waals surface area contributed by atoms with E-state index in [0.29, 0.717) is 12.1 Å². The largest absolute Gasteiger partial charge is 0.507 e. The van der Waals surface area contributed by atoms with Crippen LogP contribution in [0.3, 0.4) is 0 Å². The second kappa shape index (κ2) is 11.4. The average Bonchev–Trinajstić information content (AvgIpc) is 2.77. The molecule has 0 bridgehead atoms. The van der Waals surface area contributed by atoms with Crippen molar-refractivity contribution in [2.75, 3.05) is 32.7 Å². The van der Waals surface area contributed by atoms with Crippen molar-refractivity contribution >= 4 is 12.1 Å². The zero-order valence-corrected chi connectivity index (χ0v) is 20.5. The standard InChI is InChI=1S/C27H38N4O2/c1-5-7-22-8-6-9-23(26(22)33)18-28-29-25(32)20-31-16-14-30(15-17-31)19-21-10-12-24(13-11-21)27(2,3)4/h6,8-13,18,33H,5,7,14-17,19-20H2,1-4H3,(H,29,32)/b28-18+. The molecule has 2 aromatic rings. The van der Waals surface area contributed by atoms with Crippen LogP contribution in [-0.4, -0.2) is 59.8 Å². The van der Waals surface area contributed by atoms with Crippen LogP contribution in [0, 0.1) is 0 Å². The number of hydrazone groups is 1. The molecule has 1 heterocycles. The van der Waals surface area contributed by atoms with Crippen molar-refractivity contribution in [1.29, 1.82) is 0 Å². The molecule has 3 rings (SSSR count). The molecule has 0 spiro atoms. The Bertz CT molecular complexity index is 940. The molecule has 1 fully saturated rings. The van der Waals surface area contributed by atoms with Gasteiger partial charge in [-0.1, -0.05) is 70.5 Å². The number of benzene rings is 2. The van der Waals surface area contributed by atoms with Crippen LogP contribution in [0.1, 0.15) is 56.4 Å². The number of carbonyl (C=O) groups is 1. The molecule has 2 aromatic carbocycles. The summed E-state index contributed by atoms with van der Waals surface area (Å²) in [4.78, 5) is 16.9. The summed E-state index contributed by atoms with van der Waals surface area (Å²) >= 11 is 0. The van der Waals surface area contributed by atoms with Crippen molar-refractivity contribution in [3.05, 3.63) is 64.7 Å². The van der Waals surface area contributed by atoms with Gasteiger partial charge in [-0.15, -0.1) is 0 Å². The number of aromatic hydroxyl groups is 1. The van der Waals surface area contributed by atoms with Crippen molar-refractivity contribution in [3.8, 4) is 5.75 Å². The zero-order valence-electron chi connectivity index (χ0n) is 20.5. The number of carbonyl (C=O) groups excluding carboxylic acids is 1. The van der Waals surface area contributed by atoms with E-state index in [-0.39, 0.29) is 17.1 Å². The molecule has 33 heavy (non-hydrogen) atoms. The van der Waals surface area contributed by atoms with E-state index in [2.05, 4.69) is 72.3 Å². The lowest BCUT2D eigenvalue weighted by molar-refractivity contribution is -0.122. The first-order valence-electron chi connectivity index (χ1n) is 11.9. The predicted molar refractivity (Wildman–Crippen MR) is 135 cm³/mol. The quantitative estimate of drug-likeness (QED) is 0.473. The monoisotopic (exact) mass is 450 g/mol. The summed E-state index contributed by atoms with van der Waals surface area (Å²) in [7, 11) is 0. The number of nitrogens with one attached hydrogen (secondary N) is 1. The first-order chi connectivity index (χ1) is 15.8. The molecule has 0 unspecified atom stereocenters. The van der Waals surface area contributed by atoms with Gasteiger partial charge in [-0.25, -0.2) is 5.43 Å². The van der Waals surface area contributed by atoms with Crippen LogP contribution in [0.2, 0.25) is 0 Å². The number of aryl methyl sites for hydroxylation is 1. The van der Waals surface area contributed by atoms with Gasteiger partial charge in [-0.05, 0) is 34.6 Å². The summed E-state index contributed by atoms with van der Waals surface area (Å²) < 4.78 is 0. The third-order valence-corrected chi connectivity index (χ3v) is 6.12. The van der Waals surface area contributed by atoms with Crippen LogP contribution in [0.25, 0.3) is 0 Å². The Morgan fingerprint density at radius 3 is 2.36 bits per heavy atom. The van der Waals surface area contributed by atoms with Crippen molar-refractivity contribution in [1.82, 2.24) is 15.2 Å². The summed E-state index contributed by atoms with van der Waals surface area (Å²) in [5.74, 6) is 0.100. The maximum absolute atomic E-state index is 12.3. The number of amides is 1. The Labute approximate surface area is 198 Å². The van der Waals surface area contributed by atoms with Gasteiger partial charge in [-0.2, -0.15) is 5.10 Å². The van der Waals surface area contributed by atoms with E-state index in [1.165, 1.54) is 17.3 Å². The minimum absolute atomic E-state index is 0.137. The number of hydrogen-bond acceptors (Lipinski definition) is 5. The molecule has 0 radical (unpaired) electrons. The second-order valence-electron chi connectivity index (χ2n) is 9.90. The molecule has 6 heteroatoms. The summed E-state index contributed by atoms with van der Waals surface area (Å²) in [6, 6.07) is 14.5. The topological polar surface area (TPSA) is 68.2 Å². The van der Waals surface area contributed by atoms with Crippen molar-refractivity contribution in [2.45, 2.75) is 52.5 Å². The second-order valence-corrected chi connectivity index (χ2v) is 9.90. The Morgan fingerprint density at radius 2 is 1.73 bits per heavy atom. The summed E-state index contributed by atoms with van der Waals surface area (Å²) in [6.45, 7) is 13.6. The van der Waals surface area contributed by atoms with E-state index >= 15 is 0 Å². The average molecular weight is 451 g/mol. The van der Waals surface area contributed by atoms with Crippen molar-refractivity contribution in [3.63, 3.8) is 0 Å². The lowest BCUT2D eigenvalue weighted by atomic mass is 9.87. The highest BCUT2D eigenvalue weighted by atomic mass is 16.3. The third kappa shape index (κ3) is 7.41. The van der Waals surface area contributed by atoms with Gasteiger partial charge < -0.3 is 5.11 Å². The van der Waals surface area contributed by atoms with E-state index in [1.54, 1.807) is 6.07 Å². The number of phenolic OH excluding ortho intramolecular Hbond substituents is 1. The number of phenols is 1. The fourth-order valence-corrected chi connectivity index (χ4v) is 4.07. The van der Waals surface area contributed by atoms with Gasteiger partial charge in [0.15, 0.2) is 0 Å². The first kappa shape index (κ1) is 24.9. The number of piperazine rings is 1. The highest BCUT2D eigenvalue weighted by Crippen LogP contribution is 2.23. The smallest absolute Gasteiger partial charge is 0.254 e. The minimum Gasteiger partial charge on any atom is -0.507 e. The van der Waals surface area contributed by atoms with E-state index < -0.39 is 0 Å². The molecule has 0 aliphatic carbocycles. The molecule has 1 aliphatic heterocycles. The first-order valence-corrected chi connectivity index (χ1v) is 11.9. The minimum atomic E-state index is -0.137. The summed E-state index contributed by atoms with van der Waals surface area (Å²) in [5.41, 5.74) is 6.96. The highest BCUT2D eigenvalue weighted by Gasteiger charge is 2.19. The zero-order chi connectivity index (χ0) is 23.8. The van der Waals surface area contributed by atoms with Gasteiger partial charge in [0.25, 0.3) is 5.91 Å². The fourth-order valence-electron chi connectivity index (χ4n) is 4.07. The molecule has 0 aromatic heterocycles. The molecular weight excluding hydrogens is 412 g/mol. The SMILES string of the molecule is CCCc1cccc(/C=N/NC(=O)CN2CCN(Cc3ccc(C(C)(C)C)cc3)CC2)c1O. The van der Waals surface area contributed by atoms with Crippen LogP contribution in [0.4, 0.5) is 0 Å². The van der Waals surface area contributed by atoms with E-state index in [9.17, 15) is 9.90 Å². The Balaban J connectivity index is 1.41. The predicted octanol–water partition coefficient (Wildman–Crippen LogP) is 3.91. The molecule has 6 nitrogen and oxygen atoms in total.